The largest absolute Gasteiger partial charge is 0.505 e. The van der Waals surface area contributed by atoms with Crippen LogP contribution in [-0.4, -0.2) is 37.0 Å². The Labute approximate surface area is 146 Å². The number of rotatable bonds is 5. The molecule has 2 aliphatic carbocycles. The normalized spacial score (nSPS) is 19.5. The zero-order valence-electron chi connectivity index (χ0n) is 15.3. The van der Waals surface area contributed by atoms with Gasteiger partial charge in [-0.2, -0.15) is 0 Å². The van der Waals surface area contributed by atoms with Gasteiger partial charge in [-0.25, -0.2) is 4.79 Å². The molecule has 0 bridgehead atoms. The summed E-state index contributed by atoms with van der Waals surface area (Å²) in [5, 5.41) is 7.00. The third kappa shape index (κ3) is 7.97. The number of hydrogen-bond donors (Lipinski definition) is 1. The summed E-state index contributed by atoms with van der Waals surface area (Å²) in [5.41, 5.74) is -0.686. The molecule has 0 amide bonds. The minimum absolute atomic E-state index is 0.234. The van der Waals surface area contributed by atoms with Crippen LogP contribution in [0.3, 0.4) is 0 Å². The van der Waals surface area contributed by atoms with E-state index in [9.17, 15) is 4.79 Å². The molecule has 0 unspecified atom stereocenters. The third-order valence-electron chi connectivity index (χ3n) is 4.33. The van der Waals surface area contributed by atoms with Crippen LogP contribution < -0.4 is 0 Å². The smallest absolute Gasteiger partial charge is 0.343 e. The molecule has 2 fully saturated rings. The zero-order valence-corrected chi connectivity index (χ0v) is 15.3. The highest BCUT2D eigenvalue weighted by molar-refractivity contribution is 5.80. The summed E-state index contributed by atoms with van der Waals surface area (Å²) < 4.78 is 15.5. The lowest BCUT2D eigenvalue weighted by atomic mass is 9.84. The summed E-state index contributed by atoms with van der Waals surface area (Å²) in [4.78, 5) is 12.2. The van der Waals surface area contributed by atoms with Crippen LogP contribution in [0, 0.1) is 0 Å². The highest BCUT2D eigenvalue weighted by Gasteiger charge is 2.43. The van der Waals surface area contributed by atoms with Crippen molar-refractivity contribution >= 4 is 5.97 Å². The predicted octanol–water partition coefficient (Wildman–Crippen LogP) is 4.11. The second kappa shape index (κ2) is 14.1. The van der Waals surface area contributed by atoms with Gasteiger partial charge >= 0.3 is 5.97 Å². The first-order valence-corrected chi connectivity index (χ1v) is 8.77. The summed E-state index contributed by atoms with van der Waals surface area (Å²) in [6, 6.07) is 0. The van der Waals surface area contributed by atoms with E-state index in [1.807, 2.05) is 0 Å². The number of methoxy groups -OCH3 is 1. The number of carbonyl (C=O) groups is 1. The molecule has 2 aliphatic rings. The molecule has 0 atom stereocenters. The molecule has 0 aromatic heterocycles. The van der Waals surface area contributed by atoms with E-state index in [0.717, 1.165) is 45.6 Å². The number of carbonyl (C=O) groups excluding carboxylic acids is 1. The van der Waals surface area contributed by atoms with Gasteiger partial charge in [0.05, 0.1) is 25.7 Å². The van der Waals surface area contributed by atoms with Crippen molar-refractivity contribution in [3.05, 3.63) is 25.7 Å². The first-order valence-electron chi connectivity index (χ1n) is 8.77. The van der Waals surface area contributed by atoms with Gasteiger partial charge in [0, 0.05) is 7.11 Å². The third-order valence-corrected chi connectivity index (χ3v) is 4.33. The van der Waals surface area contributed by atoms with Crippen LogP contribution in [0.2, 0.25) is 0 Å². The minimum Gasteiger partial charge on any atom is -0.505 e. The van der Waals surface area contributed by atoms with Crippen LogP contribution in [0.25, 0.3) is 0 Å². The van der Waals surface area contributed by atoms with Crippen LogP contribution in [0.5, 0.6) is 0 Å². The first-order chi connectivity index (χ1) is 11.7. The summed E-state index contributed by atoms with van der Waals surface area (Å²) in [6.07, 6.45) is 13.7. The van der Waals surface area contributed by atoms with Gasteiger partial charge in [0.1, 0.15) is 0 Å². The molecular weight excluding hydrogens is 308 g/mol. The number of hydrogen-bond acceptors (Lipinski definition) is 5. The molecule has 140 valence electrons. The Kier molecular flexibility index (Phi) is 13.3. The average molecular weight is 342 g/mol. The number of esters is 1. The Morgan fingerprint density at radius 2 is 1.50 bits per heavy atom. The maximum Gasteiger partial charge on any atom is 0.343 e. The monoisotopic (exact) mass is 342 g/mol. The van der Waals surface area contributed by atoms with Gasteiger partial charge in [-0.1, -0.05) is 38.8 Å². The molecule has 0 aromatic rings. The predicted molar refractivity (Wildman–Crippen MR) is 95.4 cm³/mol. The number of aliphatic hydroxyl groups is 1. The van der Waals surface area contributed by atoms with E-state index >= 15 is 0 Å². The molecule has 2 saturated carbocycles. The van der Waals surface area contributed by atoms with E-state index in [1.54, 1.807) is 7.11 Å². The van der Waals surface area contributed by atoms with E-state index in [4.69, 9.17) is 14.6 Å². The average Bonchev–Trinajstić information content (AvgIpc) is 2.65. The molecule has 5 heteroatoms. The molecule has 0 radical (unpaired) electrons. The van der Waals surface area contributed by atoms with Crippen LogP contribution in [0.15, 0.2) is 25.7 Å². The van der Waals surface area contributed by atoms with Crippen molar-refractivity contribution in [2.45, 2.75) is 75.9 Å². The molecule has 0 aromatic carbocycles. The van der Waals surface area contributed by atoms with Crippen molar-refractivity contribution in [3.63, 3.8) is 0 Å². The highest BCUT2D eigenvalue weighted by atomic mass is 16.6. The van der Waals surface area contributed by atoms with Crippen molar-refractivity contribution in [1.82, 2.24) is 0 Å². The van der Waals surface area contributed by atoms with Crippen LogP contribution in [0.4, 0.5) is 0 Å². The first kappa shape index (κ1) is 22.7. The summed E-state index contributed by atoms with van der Waals surface area (Å²) in [7, 11) is 2.56. The Hall–Kier alpha value is -1.33. The highest BCUT2D eigenvalue weighted by Crippen LogP contribution is 2.36. The van der Waals surface area contributed by atoms with Crippen LogP contribution >= 0.6 is 0 Å². The molecule has 0 aliphatic heterocycles. The lowest BCUT2D eigenvalue weighted by molar-refractivity contribution is -0.183. The summed E-state index contributed by atoms with van der Waals surface area (Å²) >= 11 is 0. The van der Waals surface area contributed by atoms with E-state index < -0.39 is 5.60 Å². The molecule has 2 rings (SSSR count). The molecule has 0 heterocycles. The fraction of sp³-hybridized carbons (Fsp3) is 0.737. The lowest BCUT2D eigenvalue weighted by Gasteiger charge is -2.38. The Bertz CT molecular complexity index is 342. The molecule has 0 saturated heterocycles. The Morgan fingerprint density at radius 1 is 1.00 bits per heavy atom. The second-order valence-electron chi connectivity index (χ2n) is 5.91. The lowest BCUT2D eigenvalue weighted by Crippen LogP contribution is -2.47. The van der Waals surface area contributed by atoms with Gasteiger partial charge < -0.3 is 19.3 Å². The van der Waals surface area contributed by atoms with Crippen LogP contribution in [0.1, 0.15) is 64.2 Å². The van der Waals surface area contributed by atoms with Crippen molar-refractivity contribution in [3.8, 4) is 0 Å². The minimum atomic E-state index is -0.686. The van der Waals surface area contributed by atoms with Gasteiger partial charge in [0.2, 0.25) is 0 Å². The SMILES string of the molecule is C=COC.C=COC(=O)C1(OC2CCCCC2)CCCCC1.CO. The molecule has 1 N–H and O–H groups in total. The topological polar surface area (TPSA) is 65.0 Å². The Balaban J connectivity index is 0.000000773. The van der Waals surface area contributed by atoms with Crippen molar-refractivity contribution in [2.24, 2.45) is 0 Å². The second-order valence-corrected chi connectivity index (χ2v) is 5.91. The van der Waals surface area contributed by atoms with Crippen LogP contribution in [-0.2, 0) is 19.0 Å². The maximum atomic E-state index is 12.2. The quantitative estimate of drug-likeness (QED) is 0.601. The summed E-state index contributed by atoms with van der Waals surface area (Å²) in [5.74, 6) is -0.234. The van der Waals surface area contributed by atoms with Crippen molar-refractivity contribution < 1.29 is 24.1 Å². The standard InChI is InChI=1S/C15H24O3.C3H6O.CH4O/c1-2-17-14(16)15(11-7-4-8-12-15)18-13-9-5-3-6-10-13;1-3-4-2;1-2/h2,13H,1,3-12H2;3H,1H2,2H3;2H,1H3. The van der Waals surface area contributed by atoms with E-state index in [0.29, 0.717) is 0 Å². The fourth-order valence-corrected chi connectivity index (χ4v) is 3.18. The number of ether oxygens (including phenoxy) is 3. The van der Waals surface area contributed by atoms with E-state index in [1.165, 1.54) is 38.2 Å². The van der Waals surface area contributed by atoms with Gasteiger partial charge in [0.15, 0.2) is 5.60 Å². The van der Waals surface area contributed by atoms with Crippen molar-refractivity contribution in [1.29, 1.82) is 0 Å². The zero-order chi connectivity index (χ0) is 18.3. The van der Waals surface area contributed by atoms with Gasteiger partial charge in [-0.05, 0) is 38.5 Å². The Morgan fingerprint density at radius 3 is 1.96 bits per heavy atom. The summed E-state index contributed by atoms with van der Waals surface area (Å²) in [6.45, 7) is 6.73. The van der Waals surface area contributed by atoms with E-state index in [-0.39, 0.29) is 12.1 Å². The van der Waals surface area contributed by atoms with Crippen molar-refractivity contribution in [2.75, 3.05) is 14.2 Å². The maximum absolute atomic E-state index is 12.2. The van der Waals surface area contributed by atoms with Gasteiger partial charge in [-0.3, -0.25) is 0 Å². The molecular formula is C19H34O5. The molecule has 0 spiro atoms. The van der Waals surface area contributed by atoms with Gasteiger partial charge in [0.25, 0.3) is 0 Å². The molecule has 24 heavy (non-hydrogen) atoms. The van der Waals surface area contributed by atoms with Gasteiger partial charge in [-0.15, -0.1) is 0 Å². The number of aliphatic hydroxyl groups excluding tert-OH is 1. The fourth-order valence-electron chi connectivity index (χ4n) is 3.18. The van der Waals surface area contributed by atoms with E-state index in [2.05, 4.69) is 17.9 Å². The molecule has 5 nitrogen and oxygen atoms in total.